The summed E-state index contributed by atoms with van der Waals surface area (Å²) in [5.74, 6) is -6.29. The fraction of sp³-hybridized carbons (Fsp3) is 0.786. The first-order valence-electron chi connectivity index (χ1n) is 38.4. The molecule has 4 heterocycles. The molecule has 4 saturated heterocycles. The fourth-order valence-electron chi connectivity index (χ4n) is 12.2. The highest BCUT2D eigenvalue weighted by Gasteiger charge is 2.48. The number of alkyl carbamates (subject to hydrolysis) is 1. The van der Waals surface area contributed by atoms with Crippen molar-refractivity contribution < 1.29 is 173 Å². The van der Waals surface area contributed by atoms with Gasteiger partial charge in [-0.2, -0.15) is 0 Å². The maximum absolute atomic E-state index is 14.2. The van der Waals surface area contributed by atoms with Crippen molar-refractivity contribution in [2.45, 2.75) is 206 Å². The Morgan fingerprint density at radius 2 is 0.629 bits per heavy atom. The van der Waals surface area contributed by atoms with Gasteiger partial charge in [-0.1, -0.05) is 43.2 Å². The zero-order chi connectivity index (χ0) is 85.2. The van der Waals surface area contributed by atoms with E-state index in [0.717, 1.165) is 15.4 Å². The van der Waals surface area contributed by atoms with E-state index in [2.05, 4.69) is 47.9 Å². The normalized spacial score (nSPS) is 27.9. The second-order valence-electron chi connectivity index (χ2n) is 27.9. The van der Waals surface area contributed by atoms with Gasteiger partial charge in [-0.3, -0.25) is 48.2 Å². The van der Waals surface area contributed by atoms with E-state index in [1.54, 1.807) is 30.3 Å². The highest BCUT2D eigenvalue weighted by Crippen LogP contribution is 2.26. The Hall–Kier alpha value is -6.83. The van der Waals surface area contributed by atoms with E-state index in [1.807, 2.05) is 0 Å². The maximum Gasteiger partial charge on any atom is 0.407 e. The Bertz CT molecular complexity index is 2940. The first-order chi connectivity index (χ1) is 55.5. The van der Waals surface area contributed by atoms with Gasteiger partial charge >= 0.3 is 6.09 Å². The molecule has 1 aromatic carbocycles. The van der Waals surface area contributed by atoms with E-state index in [0.29, 0.717) is 25.7 Å². The number of aliphatic hydroxyl groups is 17. The molecular formula is C70H119N11O35. The number of carbonyl (C=O) groups excluding carboxylic acids is 9. The molecule has 0 bridgehead atoms. The van der Waals surface area contributed by atoms with E-state index in [9.17, 15) is 130 Å². The van der Waals surface area contributed by atoms with Gasteiger partial charge < -0.3 is 177 Å². The van der Waals surface area contributed by atoms with E-state index in [4.69, 9.17) is 42.6 Å². The number of ether oxygens (including phenoxy) is 9. The van der Waals surface area contributed by atoms with Gasteiger partial charge in [0.15, 0.2) is 25.2 Å². The molecule has 0 saturated carbocycles. The Balaban J connectivity index is 1.27. The minimum atomic E-state index is -1.76. The van der Waals surface area contributed by atoms with Gasteiger partial charge in [-0.25, -0.2) is 4.79 Å². The lowest BCUT2D eigenvalue weighted by Crippen LogP contribution is -2.59. The Kier molecular flexibility index (Phi) is 46.7. The van der Waals surface area contributed by atoms with Crippen LogP contribution in [-0.2, 0) is 87.6 Å². The van der Waals surface area contributed by atoms with Crippen LogP contribution in [-0.4, -0.2) is 429 Å². The minimum absolute atomic E-state index is 0.0229. The number of hydrogen-bond acceptors (Lipinski definition) is 37. The van der Waals surface area contributed by atoms with E-state index in [-0.39, 0.29) is 124 Å². The average molecular weight is 1670 g/mol. The molecule has 46 heteroatoms. The lowest BCUT2D eigenvalue weighted by molar-refractivity contribution is -0.300. The lowest BCUT2D eigenvalue weighted by atomic mass is 9.99. The predicted molar refractivity (Wildman–Crippen MR) is 392 cm³/mol. The summed E-state index contributed by atoms with van der Waals surface area (Å²) in [5, 5.41) is 194. The van der Waals surface area contributed by atoms with Crippen LogP contribution in [0.25, 0.3) is 0 Å². The van der Waals surface area contributed by atoms with Crippen molar-refractivity contribution in [3.63, 3.8) is 0 Å². The van der Waals surface area contributed by atoms with Crippen molar-refractivity contribution >= 4 is 53.4 Å². The molecule has 46 nitrogen and oxygen atoms in total. The summed E-state index contributed by atoms with van der Waals surface area (Å²) in [4.78, 5) is 125. The summed E-state index contributed by atoms with van der Waals surface area (Å²) in [6.45, 7) is -9.61. The van der Waals surface area contributed by atoms with Crippen LogP contribution < -0.4 is 47.9 Å². The summed E-state index contributed by atoms with van der Waals surface area (Å²) >= 11 is 0. The zero-order valence-corrected chi connectivity index (χ0v) is 64.3. The van der Waals surface area contributed by atoms with Crippen molar-refractivity contribution in [3.05, 3.63) is 35.9 Å². The van der Waals surface area contributed by atoms with E-state index >= 15 is 0 Å². The lowest BCUT2D eigenvalue weighted by Gasteiger charge is -2.39. The van der Waals surface area contributed by atoms with Gasteiger partial charge in [0, 0.05) is 52.4 Å². The standard InChI is InChI=1S/C70H119N11O35/c82-23-11-2-1-8-16-75-64(105)40(78-50(91)32-80(28-46(87)71-19-24-108-66-60(101)56(97)52(93)42(34-83)113-66)29-47(88)72-20-25-109-67-61(102)57(98)53(94)43(35-84)114-67)14-6-9-17-76-65(106)41(15-7-10-18-77-70(107)112-38-39-12-4-3-5-13-39)79-51(92)33-81(30-48(89)73-21-26-110-68-62(103)58(99)54(95)44(36-85)115-68)31-49(90)74-22-27-111-69-63(104)59(100)55(96)45(37-86)116-69/h3-5,12-13,40-45,52-63,66-69,82-86,93-104H,1-2,6-11,14-38H2,(H,71,87)(H,72,88)(H,73,89)(H,74,90)(H,75,105)(H,76,106)(H,77,107)(H,78,91)(H,79,92)/t40-,41-,42+,43+,44+,45+,52+,53+,54+,55+,56-,57-,58-,59-,60-,61-,62-,63-,66-,67-,68-,69-/m0/s1. The maximum atomic E-state index is 14.2. The van der Waals surface area contributed by atoms with Crippen molar-refractivity contribution in [1.29, 1.82) is 0 Å². The van der Waals surface area contributed by atoms with Gasteiger partial charge in [0.1, 0.15) is 116 Å². The molecule has 4 fully saturated rings. The summed E-state index contributed by atoms with van der Waals surface area (Å²) < 4.78 is 48.4. The fourth-order valence-corrected chi connectivity index (χ4v) is 12.2. The number of amides is 9. The van der Waals surface area contributed by atoms with Crippen LogP contribution in [0.4, 0.5) is 4.79 Å². The molecule has 0 aliphatic carbocycles. The van der Waals surface area contributed by atoms with Gasteiger partial charge in [0.05, 0.1) is 92.1 Å². The monoisotopic (exact) mass is 1670 g/mol. The first-order valence-corrected chi connectivity index (χ1v) is 38.4. The smallest absolute Gasteiger partial charge is 0.407 e. The summed E-state index contributed by atoms with van der Waals surface area (Å²) in [6, 6.07) is 6.24. The van der Waals surface area contributed by atoms with Crippen molar-refractivity contribution in [1.82, 2.24) is 57.7 Å². The zero-order valence-electron chi connectivity index (χ0n) is 64.3. The van der Waals surface area contributed by atoms with E-state index in [1.165, 1.54) is 0 Å². The molecular weight excluding hydrogens is 1550 g/mol. The van der Waals surface area contributed by atoms with Crippen LogP contribution >= 0.6 is 0 Å². The third-order valence-electron chi connectivity index (χ3n) is 18.7. The van der Waals surface area contributed by atoms with Crippen LogP contribution in [0.1, 0.15) is 69.8 Å². The van der Waals surface area contributed by atoms with Gasteiger partial charge in [-0.15, -0.1) is 0 Å². The number of aliphatic hydroxyl groups excluding tert-OH is 17. The minimum Gasteiger partial charge on any atom is -0.445 e. The molecule has 26 N–H and O–H groups in total. The van der Waals surface area contributed by atoms with Crippen molar-refractivity contribution in [2.24, 2.45) is 0 Å². The molecule has 1 aromatic rings. The molecule has 664 valence electrons. The quantitative estimate of drug-likeness (QED) is 0.0269. The second kappa shape index (κ2) is 54.4. The molecule has 4 aliphatic rings. The van der Waals surface area contributed by atoms with Gasteiger partial charge in [-0.05, 0) is 56.9 Å². The van der Waals surface area contributed by atoms with Crippen LogP contribution in [0.15, 0.2) is 30.3 Å². The highest BCUT2D eigenvalue weighted by molar-refractivity contribution is 5.90. The molecule has 5 rings (SSSR count). The number of rotatable bonds is 54. The molecule has 22 atom stereocenters. The average Bonchev–Trinajstić information content (AvgIpc) is 0.835. The number of nitrogens with zero attached hydrogens (tertiary/aromatic N) is 2. The summed E-state index contributed by atoms with van der Waals surface area (Å²) in [5.41, 5.74) is 0.729. The Morgan fingerprint density at radius 3 is 0.940 bits per heavy atom. The SMILES string of the molecule is O=C(CN(CC(=O)NCCO[C@H]1O[C@H](CO)[C@@H](O)[C@H](O)[C@@H]1O)CC(=O)N[C@@H](CCCCNC(=O)OCc1ccccc1)C(=O)NCCCC[C@H](NC(=O)CN(CC(=O)NCCO[C@H]1O[C@H](CO)[C@@H](O)[C@H](O)[C@@H]1O)CC(=O)NCCO[C@H]1O[C@H](CO)[C@@H](O)[C@H](O)[C@@H]1O)C(=O)NCCCCCCO)NCCO[C@H]1O[C@H](CO)[C@@H](O)[C@H](O)[C@@H]1O. The molecule has 0 spiro atoms. The van der Waals surface area contributed by atoms with Crippen molar-refractivity contribution in [3.8, 4) is 0 Å². The number of benzene rings is 1. The van der Waals surface area contributed by atoms with Crippen LogP contribution in [0.2, 0.25) is 0 Å². The second-order valence-corrected chi connectivity index (χ2v) is 27.9. The summed E-state index contributed by atoms with van der Waals surface area (Å²) in [6.07, 6.45) is -30.0. The molecule has 0 unspecified atom stereocenters. The van der Waals surface area contributed by atoms with Gasteiger partial charge in [0.25, 0.3) is 0 Å². The van der Waals surface area contributed by atoms with Gasteiger partial charge in [0.2, 0.25) is 47.3 Å². The van der Waals surface area contributed by atoms with Crippen molar-refractivity contribution in [2.75, 3.05) is 145 Å². The molecule has 116 heavy (non-hydrogen) atoms. The topological polar surface area (TPSA) is 695 Å². The summed E-state index contributed by atoms with van der Waals surface area (Å²) in [7, 11) is 0. The van der Waals surface area contributed by atoms with Crippen LogP contribution in [0.5, 0.6) is 0 Å². The molecule has 4 aliphatic heterocycles. The van der Waals surface area contributed by atoms with Crippen LogP contribution in [0, 0.1) is 0 Å². The number of nitrogens with one attached hydrogen (secondary N) is 9. The highest BCUT2D eigenvalue weighted by atomic mass is 16.7. The van der Waals surface area contributed by atoms with Crippen LogP contribution in [0.3, 0.4) is 0 Å². The Morgan fingerprint density at radius 1 is 0.336 bits per heavy atom. The third kappa shape index (κ3) is 34.9. The van der Waals surface area contributed by atoms with E-state index < -0.39 is 254 Å². The number of unbranched alkanes of at least 4 members (excludes halogenated alkanes) is 5. The molecule has 9 amide bonds. The Labute approximate surface area is 667 Å². The largest absolute Gasteiger partial charge is 0.445 e. The number of carbonyl (C=O) groups is 9. The molecule has 0 radical (unpaired) electrons. The first kappa shape index (κ1) is 99.7. The molecule has 0 aromatic heterocycles. The number of hydrogen-bond donors (Lipinski definition) is 26. The third-order valence-corrected chi connectivity index (χ3v) is 18.7. The predicted octanol–water partition coefficient (Wildman–Crippen LogP) is -13.7.